The standard InChI is InChI=1S/C29H36F3N3O/c30-29(31,32)26-8-6-23(7-9-26)28(36)33-18-27-17-24-12-15-35(27)20-25(24)19-34-13-10-22(11-14-34)16-21-4-2-1-3-5-21/h1-9,22,24-25,27H,10-20H2,(H,33,36)/t24-,25-,27+/m0/s1. The number of hydrogen-bond acceptors (Lipinski definition) is 3. The first-order chi connectivity index (χ1) is 17.3. The van der Waals surface area contributed by atoms with Crippen LogP contribution in [0.25, 0.3) is 0 Å². The number of nitrogens with one attached hydrogen (secondary N) is 1. The maximum absolute atomic E-state index is 12.8. The molecule has 4 aliphatic rings. The van der Waals surface area contributed by atoms with Gasteiger partial charge in [-0.25, -0.2) is 0 Å². The minimum Gasteiger partial charge on any atom is -0.350 e. The van der Waals surface area contributed by atoms with Gasteiger partial charge in [0, 0.05) is 31.2 Å². The Hall–Kier alpha value is -2.38. The quantitative estimate of drug-likeness (QED) is 0.576. The Morgan fingerprint density at radius 1 is 0.944 bits per heavy atom. The van der Waals surface area contributed by atoms with Crippen LogP contribution in [0.3, 0.4) is 0 Å². The molecule has 4 heterocycles. The van der Waals surface area contributed by atoms with Crippen LogP contribution in [0.4, 0.5) is 13.2 Å². The Kier molecular flexibility index (Phi) is 7.68. The molecule has 0 aliphatic carbocycles. The number of hydrogen-bond donors (Lipinski definition) is 1. The van der Waals surface area contributed by atoms with Gasteiger partial charge in [-0.2, -0.15) is 13.2 Å². The van der Waals surface area contributed by atoms with E-state index in [0.717, 1.165) is 37.6 Å². The molecule has 4 fully saturated rings. The number of fused-ring (bicyclic) bond motifs is 3. The summed E-state index contributed by atoms with van der Waals surface area (Å²) in [5.74, 6) is 1.85. The minimum atomic E-state index is -4.39. The monoisotopic (exact) mass is 499 g/mol. The molecule has 6 rings (SSSR count). The highest BCUT2D eigenvalue weighted by Crippen LogP contribution is 2.37. The molecule has 1 N–H and O–H groups in total. The van der Waals surface area contributed by atoms with E-state index in [-0.39, 0.29) is 11.5 Å². The van der Waals surface area contributed by atoms with Gasteiger partial charge in [-0.1, -0.05) is 30.3 Å². The van der Waals surface area contributed by atoms with Crippen LogP contribution in [-0.2, 0) is 12.6 Å². The largest absolute Gasteiger partial charge is 0.416 e. The van der Waals surface area contributed by atoms with Crippen LogP contribution in [-0.4, -0.2) is 61.0 Å². The summed E-state index contributed by atoms with van der Waals surface area (Å²) in [7, 11) is 0. The summed E-state index contributed by atoms with van der Waals surface area (Å²) in [5.41, 5.74) is 0.985. The van der Waals surface area contributed by atoms with Crippen molar-refractivity contribution in [1.29, 1.82) is 0 Å². The molecule has 0 saturated carbocycles. The predicted molar refractivity (Wildman–Crippen MR) is 135 cm³/mol. The first-order valence-corrected chi connectivity index (χ1v) is 13.3. The third kappa shape index (κ3) is 6.12. The molecule has 0 radical (unpaired) electrons. The summed E-state index contributed by atoms with van der Waals surface area (Å²) < 4.78 is 38.3. The van der Waals surface area contributed by atoms with Gasteiger partial charge in [0.15, 0.2) is 0 Å². The molecule has 2 aromatic rings. The van der Waals surface area contributed by atoms with E-state index < -0.39 is 11.7 Å². The van der Waals surface area contributed by atoms with Crippen LogP contribution >= 0.6 is 0 Å². The molecule has 0 spiro atoms. The van der Waals surface area contributed by atoms with Crippen molar-refractivity contribution < 1.29 is 18.0 Å². The normalized spacial score (nSPS) is 27.2. The molecule has 36 heavy (non-hydrogen) atoms. The zero-order valence-electron chi connectivity index (χ0n) is 20.7. The third-order valence-corrected chi connectivity index (χ3v) is 8.55. The maximum atomic E-state index is 12.8. The number of halogens is 3. The Labute approximate surface area is 211 Å². The SMILES string of the molecule is O=C(NC[C@H]1C[C@@H]2CCN1C[C@@H]2CN1CCC(Cc2ccccc2)CC1)c1ccc(C(F)(F)F)cc1. The smallest absolute Gasteiger partial charge is 0.350 e. The number of carbonyl (C=O) groups excluding carboxylic acids is 1. The average molecular weight is 500 g/mol. The van der Waals surface area contributed by atoms with Gasteiger partial charge in [0.25, 0.3) is 5.91 Å². The van der Waals surface area contributed by atoms with Crippen molar-refractivity contribution in [3.63, 3.8) is 0 Å². The van der Waals surface area contributed by atoms with Gasteiger partial charge in [-0.15, -0.1) is 0 Å². The summed E-state index contributed by atoms with van der Waals surface area (Å²) in [5, 5.41) is 2.96. The summed E-state index contributed by atoms with van der Waals surface area (Å²) >= 11 is 0. The second kappa shape index (κ2) is 10.9. The fourth-order valence-electron chi connectivity index (χ4n) is 6.44. The van der Waals surface area contributed by atoms with Crippen LogP contribution in [0.1, 0.15) is 47.2 Å². The van der Waals surface area contributed by atoms with Gasteiger partial charge in [-0.05, 0) is 99.3 Å². The Balaban J connectivity index is 1.06. The Morgan fingerprint density at radius 3 is 2.31 bits per heavy atom. The summed E-state index contributed by atoms with van der Waals surface area (Å²) in [6, 6.07) is 15.6. The molecule has 7 heteroatoms. The van der Waals surface area contributed by atoms with Gasteiger partial charge in [0.1, 0.15) is 0 Å². The van der Waals surface area contributed by atoms with Gasteiger partial charge in [-0.3, -0.25) is 9.69 Å². The Bertz CT molecular complexity index is 1000. The van der Waals surface area contributed by atoms with Gasteiger partial charge in [0.05, 0.1) is 5.56 Å². The van der Waals surface area contributed by atoms with Crippen molar-refractivity contribution in [3.05, 3.63) is 71.3 Å². The van der Waals surface area contributed by atoms with E-state index in [4.69, 9.17) is 0 Å². The number of rotatable bonds is 7. The third-order valence-electron chi connectivity index (χ3n) is 8.55. The van der Waals surface area contributed by atoms with E-state index in [2.05, 4.69) is 45.4 Å². The van der Waals surface area contributed by atoms with Gasteiger partial charge < -0.3 is 10.2 Å². The minimum absolute atomic E-state index is 0.271. The molecule has 194 valence electrons. The first-order valence-electron chi connectivity index (χ1n) is 13.3. The molecular weight excluding hydrogens is 463 g/mol. The van der Waals surface area contributed by atoms with Crippen molar-refractivity contribution in [2.24, 2.45) is 17.8 Å². The molecule has 4 aliphatic heterocycles. The lowest BCUT2D eigenvalue weighted by Crippen LogP contribution is -2.58. The zero-order valence-corrected chi connectivity index (χ0v) is 20.7. The van der Waals surface area contributed by atoms with Crippen molar-refractivity contribution in [2.75, 3.05) is 39.3 Å². The van der Waals surface area contributed by atoms with Crippen LogP contribution < -0.4 is 5.32 Å². The first kappa shape index (κ1) is 25.3. The molecular formula is C29H36F3N3O. The van der Waals surface area contributed by atoms with E-state index in [1.807, 2.05) is 0 Å². The van der Waals surface area contributed by atoms with Crippen molar-refractivity contribution in [3.8, 4) is 0 Å². The number of alkyl halides is 3. The van der Waals surface area contributed by atoms with E-state index in [1.165, 1.54) is 63.0 Å². The Morgan fingerprint density at radius 2 is 1.67 bits per heavy atom. The predicted octanol–water partition coefficient (Wildman–Crippen LogP) is 5.10. The van der Waals surface area contributed by atoms with Gasteiger partial charge >= 0.3 is 6.18 Å². The number of nitrogens with zero attached hydrogens (tertiary/aromatic N) is 2. The summed E-state index contributed by atoms with van der Waals surface area (Å²) in [4.78, 5) is 17.7. The molecule has 1 amide bonds. The molecule has 1 unspecified atom stereocenters. The molecule has 2 aromatic carbocycles. The molecule has 0 aromatic heterocycles. The van der Waals surface area contributed by atoms with Crippen LogP contribution in [0, 0.1) is 17.8 Å². The lowest BCUT2D eigenvalue weighted by molar-refractivity contribution is -0.137. The molecule has 4 nitrogen and oxygen atoms in total. The van der Waals surface area contributed by atoms with E-state index in [1.54, 1.807) is 0 Å². The number of amides is 1. The maximum Gasteiger partial charge on any atom is 0.416 e. The fraction of sp³-hybridized carbons (Fsp3) is 0.552. The fourth-order valence-corrected chi connectivity index (χ4v) is 6.44. The molecule has 2 bridgehead atoms. The van der Waals surface area contributed by atoms with Crippen LogP contribution in [0.2, 0.25) is 0 Å². The second-order valence-electron chi connectivity index (χ2n) is 10.9. The highest BCUT2D eigenvalue weighted by molar-refractivity contribution is 5.94. The number of piperidine rings is 4. The summed E-state index contributed by atoms with van der Waals surface area (Å²) in [6.07, 6.45) is 1.65. The second-order valence-corrected chi connectivity index (χ2v) is 10.9. The highest BCUT2D eigenvalue weighted by atomic mass is 19.4. The van der Waals surface area contributed by atoms with Crippen LogP contribution in [0.5, 0.6) is 0 Å². The lowest BCUT2D eigenvalue weighted by Gasteiger charge is -2.51. The van der Waals surface area contributed by atoms with Crippen molar-refractivity contribution >= 4 is 5.91 Å². The lowest BCUT2D eigenvalue weighted by atomic mass is 9.75. The zero-order chi connectivity index (χ0) is 25.1. The van der Waals surface area contributed by atoms with Gasteiger partial charge in [0.2, 0.25) is 0 Å². The number of likely N-dealkylation sites (tertiary alicyclic amines) is 1. The van der Waals surface area contributed by atoms with Crippen molar-refractivity contribution in [1.82, 2.24) is 15.1 Å². The summed E-state index contributed by atoms with van der Waals surface area (Å²) in [6.45, 7) is 6.25. The topological polar surface area (TPSA) is 35.6 Å². The highest BCUT2D eigenvalue weighted by Gasteiger charge is 2.40. The average Bonchev–Trinajstić information content (AvgIpc) is 2.89. The molecule has 4 saturated heterocycles. The van der Waals surface area contributed by atoms with Crippen LogP contribution in [0.15, 0.2) is 54.6 Å². The number of carbonyl (C=O) groups is 1. The number of benzene rings is 2. The van der Waals surface area contributed by atoms with E-state index in [9.17, 15) is 18.0 Å². The van der Waals surface area contributed by atoms with E-state index >= 15 is 0 Å². The van der Waals surface area contributed by atoms with E-state index in [0.29, 0.717) is 24.4 Å². The molecule has 4 atom stereocenters. The van der Waals surface area contributed by atoms with Crippen molar-refractivity contribution in [2.45, 2.75) is 44.3 Å².